The van der Waals surface area contributed by atoms with Gasteiger partial charge in [-0.1, -0.05) is 60.2 Å². The molecule has 0 spiro atoms. The number of aryl methyl sites for hydroxylation is 1. The molecule has 5 nitrogen and oxygen atoms in total. The third-order valence-electron chi connectivity index (χ3n) is 4.75. The molecule has 0 saturated carbocycles. The van der Waals surface area contributed by atoms with Gasteiger partial charge in [0.05, 0.1) is 4.90 Å². The number of carbonyl (C=O) groups excluding carboxylic acids is 1. The van der Waals surface area contributed by atoms with E-state index in [2.05, 4.69) is 6.58 Å². The van der Waals surface area contributed by atoms with Crippen LogP contribution in [0.2, 0.25) is 0 Å². The Labute approximate surface area is 160 Å². The van der Waals surface area contributed by atoms with E-state index in [4.69, 9.17) is 4.74 Å². The molecule has 6 heteroatoms. The smallest absolute Gasteiger partial charge is 0.303 e. The van der Waals surface area contributed by atoms with E-state index in [1.54, 1.807) is 24.3 Å². The first-order chi connectivity index (χ1) is 12.8. The first-order valence-electron chi connectivity index (χ1n) is 8.75. The normalized spacial score (nSPS) is 19.0. The molecule has 0 N–H and O–H groups in total. The number of benzene rings is 2. The van der Waals surface area contributed by atoms with Gasteiger partial charge in [0.2, 0.25) is 10.0 Å². The van der Waals surface area contributed by atoms with Crippen molar-refractivity contribution in [3.8, 4) is 0 Å². The van der Waals surface area contributed by atoms with Crippen LogP contribution < -0.4 is 0 Å². The Kier molecular flexibility index (Phi) is 5.48. The minimum absolute atomic E-state index is 0.214. The van der Waals surface area contributed by atoms with Crippen molar-refractivity contribution in [2.75, 3.05) is 13.1 Å². The Hall–Kier alpha value is -2.44. The molecular weight excluding hydrogens is 362 g/mol. The van der Waals surface area contributed by atoms with Gasteiger partial charge >= 0.3 is 5.97 Å². The summed E-state index contributed by atoms with van der Waals surface area (Å²) >= 11 is 0. The van der Waals surface area contributed by atoms with Gasteiger partial charge in [0.25, 0.3) is 0 Å². The predicted molar refractivity (Wildman–Crippen MR) is 104 cm³/mol. The monoisotopic (exact) mass is 385 g/mol. The molecule has 0 radical (unpaired) electrons. The number of sulfonamides is 1. The number of hydrogen-bond donors (Lipinski definition) is 0. The first-order valence-corrected chi connectivity index (χ1v) is 10.2. The summed E-state index contributed by atoms with van der Waals surface area (Å²) in [6, 6.07) is 16.1. The van der Waals surface area contributed by atoms with Crippen LogP contribution in [0.1, 0.15) is 24.2 Å². The molecule has 0 bridgehead atoms. The summed E-state index contributed by atoms with van der Waals surface area (Å²) in [6.07, 6.45) is -0.561. The standard InChI is InChI=1S/C21H23NO4S/c1-15-9-11-19(12-10-15)27(24,25)22-13-16(2)20(14-22)21(26-17(3)23)18-7-5-4-6-8-18/h4-12,20-21H,2,13-14H2,1,3H3/t20-,21+/m1/s1. The van der Waals surface area contributed by atoms with Crippen LogP contribution in [-0.2, 0) is 19.6 Å². The van der Waals surface area contributed by atoms with Crippen LogP contribution in [0, 0.1) is 12.8 Å². The summed E-state index contributed by atoms with van der Waals surface area (Å²) in [6.45, 7) is 7.77. The Morgan fingerprint density at radius 3 is 2.37 bits per heavy atom. The highest BCUT2D eigenvalue weighted by atomic mass is 32.2. The van der Waals surface area contributed by atoms with Crippen molar-refractivity contribution in [2.24, 2.45) is 5.92 Å². The van der Waals surface area contributed by atoms with E-state index in [9.17, 15) is 13.2 Å². The van der Waals surface area contributed by atoms with Crippen molar-refractivity contribution in [3.63, 3.8) is 0 Å². The maximum Gasteiger partial charge on any atom is 0.303 e. The second-order valence-electron chi connectivity index (χ2n) is 6.82. The molecule has 2 aromatic carbocycles. The van der Waals surface area contributed by atoms with Gasteiger partial charge in [0.15, 0.2) is 0 Å². The quantitative estimate of drug-likeness (QED) is 0.584. The van der Waals surface area contributed by atoms with Gasteiger partial charge in [-0.2, -0.15) is 4.31 Å². The average molecular weight is 385 g/mol. The number of nitrogens with zero attached hydrogens (tertiary/aromatic N) is 1. The van der Waals surface area contributed by atoms with Crippen LogP contribution in [-0.4, -0.2) is 31.8 Å². The summed E-state index contributed by atoms with van der Waals surface area (Å²) in [5.41, 5.74) is 2.56. The number of carbonyl (C=O) groups is 1. The van der Waals surface area contributed by atoms with Gasteiger partial charge in [-0.3, -0.25) is 4.79 Å². The van der Waals surface area contributed by atoms with Gasteiger partial charge in [-0.05, 0) is 24.6 Å². The number of esters is 1. The highest BCUT2D eigenvalue weighted by Gasteiger charge is 2.40. The highest BCUT2D eigenvalue weighted by Crippen LogP contribution is 2.38. The summed E-state index contributed by atoms with van der Waals surface area (Å²) in [4.78, 5) is 11.9. The summed E-state index contributed by atoms with van der Waals surface area (Å²) in [5, 5.41) is 0. The average Bonchev–Trinajstić information content (AvgIpc) is 3.03. The highest BCUT2D eigenvalue weighted by molar-refractivity contribution is 7.89. The molecule has 142 valence electrons. The molecule has 2 aromatic rings. The van der Waals surface area contributed by atoms with Crippen LogP contribution in [0.3, 0.4) is 0 Å². The lowest BCUT2D eigenvalue weighted by Crippen LogP contribution is -2.30. The minimum Gasteiger partial charge on any atom is -0.457 e. The van der Waals surface area contributed by atoms with Crippen LogP contribution in [0.4, 0.5) is 0 Å². The van der Waals surface area contributed by atoms with E-state index in [-0.39, 0.29) is 23.9 Å². The maximum atomic E-state index is 13.0. The third-order valence-corrected chi connectivity index (χ3v) is 6.58. The van der Waals surface area contributed by atoms with Gasteiger partial charge < -0.3 is 4.74 Å². The second-order valence-corrected chi connectivity index (χ2v) is 8.75. The zero-order chi connectivity index (χ0) is 19.6. The van der Waals surface area contributed by atoms with Gasteiger partial charge in [-0.25, -0.2) is 8.42 Å². The topological polar surface area (TPSA) is 63.7 Å². The molecular formula is C21H23NO4S. The molecule has 1 fully saturated rings. The van der Waals surface area contributed by atoms with Crippen LogP contribution >= 0.6 is 0 Å². The lowest BCUT2D eigenvalue weighted by atomic mass is 9.92. The van der Waals surface area contributed by atoms with Crippen molar-refractivity contribution in [1.82, 2.24) is 4.31 Å². The van der Waals surface area contributed by atoms with Crippen LogP contribution in [0.15, 0.2) is 71.6 Å². The first kappa shape index (κ1) is 19.3. The second kappa shape index (κ2) is 7.66. The lowest BCUT2D eigenvalue weighted by molar-refractivity contribution is -0.148. The molecule has 2 atom stereocenters. The molecule has 1 saturated heterocycles. The molecule has 3 rings (SSSR count). The summed E-state index contributed by atoms with van der Waals surface area (Å²) in [7, 11) is -3.63. The molecule has 27 heavy (non-hydrogen) atoms. The van der Waals surface area contributed by atoms with Gasteiger partial charge in [0.1, 0.15) is 6.10 Å². The van der Waals surface area contributed by atoms with E-state index in [1.807, 2.05) is 37.3 Å². The van der Waals surface area contributed by atoms with Crippen molar-refractivity contribution in [2.45, 2.75) is 24.8 Å². The van der Waals surface area contributed by atoms with E-state index in [0.29, 0.717) is 0 Å². The Morgan fingerprint density at radius 2 is 1.78 bits per heavy atom. The van der Waals surface area contributed by atoms with Crippen molar-refractivity contribution < 1.29 is 17.9 Å². The molecule has 1 aliphatic heterocycles. The zero-order valence-electron chi connectivity index (χ0n) is 15.5. The zero-order valence-corrected chi connectivity index (χ0v) is 16.3. The third kappa shape index (κ3) is 4.12. The minimum atomic E-state index is -3.63. The Bertz CT molecular complexity index is 936. The number of hydrogen-bond acceptors (Lipinski definition) is 4. The number of ether oxygens (including phenoxy) is 1. The van der Waals surface area contributed by atoms with E-state index in [0.717, 1.165) is 16.7 Å². The summed E-state index contributed by atoms with van der Waals surface area (Å²) in [5.74, 6) is -0.701. The molecule has 1 heterocycles. The number of rotatable bonds is 5. The molecule has 0 aliphatic carbocycles. The molecule has 0 unspecified atom stereocenters. The van der Waals surface area contributed by atoms with Crippen LogP contribution in [0.25, 0.3) is 0 Å². The fourth-order valence-corrected chi connectivity index (χ4v) is 4.78. The fraction of sp³-hybridized carbons (Fsp3) is 0.286. The van der Waals surface area contributed by atoms with E-state index >= 15 is 0 Å². The molecule has 0 aromatic heterocycles. The van der Waals surface area contributed by atoms with Crippen LogP contribution in [0.5, 0.6) is 0 Å². The van der Waals surface area contributed by atoms with Crippen molar-refractivity contribution in [3.05, 3.63) is 77.9 Å². The Balaban J connectivity index is 1.89. The predicted octanol–water partition coefficient (Wildman–Crippen LogP) is 3.48. The lowest BCUT2D eigenvalue weighted by Gasteiger charge is -2.24. The SMILES string of the molecule is C=C1CN(S(=O)(=O)c2ccc(C)cc2)C[C@H]1[C@@H](OC(C)=O)c1ccccc1. The van der Waals surface area contributed by atoms with E-state index in [1.165, 1.54) is 11.2 Å². The Morgan fingerprint density at radius 1 is 1.15 bits per heavy atom. The fourth-order valence-electron chi connectivity index (χ4n) is 3.31. The maximum absolute atomic E-state index is 13.0. The van der Waals surface area contributed by atoms with Crippen molar-refractivity contribution in [1.29, 1.82) is 0 Å². The van der Waals surface area contributed by atoms with E-state index < -0.39 is 22.1 Å². The van der Waals surface area contributed by atoms with Gasteiger partial charge in [-0.15, -0.1) is 0 Å². The summed E-state index contributed by atoms with van der Waals surface area (Å²) < 4.78 is 32.9. The van der Waals surface area contributed by atoms with Crippen molar-refractivity contribution >= 4 is 16.0 Å². The molecule has 1 aliphatic rings. The van der Waals surface area contributed by atoms with Gasteiger partial charge in [0, 0.05) is 25.9 Å². The largest absolute Gasteiger partial charge is 0.457 e. The molecule has 0 amide bonds.